The summed E-state index contributed by atoms with van der Waals surface area (Å²) in [6.45, 7) is 7.17. The standard InChI is InChI=1S/C8H15NO3S2/c1-6(2)8(10)13-7(3)5-9-14(4,11)12/h7,9H,1,5H2,2-4H3. The normalized spacial score (nSPS) is 13.6. The Kier molecular flexibility index (Phi) is 5.40. The second-order valence-corrected chi connectivity index (χ2v) is 6.36. The molecule has 0 bridgehead atoms. The number of nitrogens with one attached hydrogen (secondary N) is 1. The minimum atomic E-state index is -3.17. The first-order chi connectivity index (χ1) is 6.22. The van der Waals surface area contributed by atoms with Crippen molar-refractivity contribution < 1.29 is 13.2 Å². The van der Waals surface area contributed by atoms with E-state index in [4.69, 9.17) is 0 Å². The molecule has 0 aromatic carbocycles. The third kappa shape index (κ3) is 7.11. The molecule has 14 heavy (non-hydrogen) atoms. The van der Waals surface area contributed by atoms with Gasteiger partial charge in [-0.25, -0.2) is 13.1 Å². The largest absolute Gasteiger partial charge is 0.282 e. The maximum atomic E-state index is 11.2. The zero-order chi connectivity index (χ0) is 11.4. The monoisotopic (exact) mass is 237 g/mol. The Morgan fingerprint density at radius 3 is 2.43 bits per heavy atom. The van der Waals surface area contributed by atoms with Crippen molar-refractivity contribution in [2.45, 2.75) is 19.1 Å². The number of hydrogen-bond donors (Lipinski definition) is 1. The summed E-state index contributed by atoms with van der Waals surface area (Å²) in [6.07, 6.45) is 1.09. The second-order valence-electron chi connectivity index (χ2n) is 3.12. The molecule has 0 rings (SSSR count). The van der Waals surface area contributed by atoms with Crippen molar-refractivity contribution >= 4 is 26.9 Å². The van der Waals surface area contributed by atoms with Gasteiger partial charge in [-0.1, -0.05) is 25.3 Å². The summed E-state index contributed by atoms with van der Waals surface area (Å²) >= 11 is 1.08. The average Bonchev–Trinajstić information content (AvgIpc) is 1.99. The molecule has 0 amide bonds. The molecule has 1 N–H and O–H groups in total. The highest BCUT2D eigenvalue weighted by Gasteiger charge is 2.11. The number of sulfonamides is 1. The maximum absolute atomic E-state index is 11.2. The topological polar surface area (TPSA) is 63.2 Å². The van der Waals surface area contributed by atoms with Gasteiger partial charge in [-0.3, -0.25) is 4.79 Å². The first-order valence-electron chi connectivity index (χ1n) is 4.03. The Hall–Kier alpha value is -0.330. The van der Waals surface area contributed by atoms with Crippen LogP contribution in [0.15, 0.2) is 12.2 Å². The van der Waals surface area contributed by atoms with E-state index in [2.05, 4.69) is 11.3 Å². The van der Waals surface area contributed by atoms with Gasteiger partial charge in [0.05, 0.1) is 6.26 Å². The summed E-state index contributed by atoms with van der Waals surface area (Å²) in [5, 5.41) is -0.193. The average molecular weight is 237 g/mol. The maximum Gasteiger partial charge on any atom is 0.214 e. The fourth-order valence-corrected chi connectivity index (χ4v) is 1.99. The van der Waals surface area contributed by atoms with E-state index in [1.54, 1.807) is 13.8 Å². The van der Waals surface area contributed by atoms with Crippen LogP contribution in [0.5, 0.6) is 0 Å². The fourth-order valence-electron chi connectivity index (χ4n) is 0.594. The van der Waals surface area contributed by atoms with Crippen LogP contribution in [0.2, 0.25) is 0 Å². The highest BCUT2D eigenvalue weighted by Crippen LogP contribution is 2.14. The summed E-state index contributed by atoms with van der Waals surface area (Å²) in [5.41, 5.74) is 0.473. The van der Waals surface area contributed by atoms with Gasteiger partial charge >= 0.3 is 0 Å². The molecular formula is C8H15NO3S2. The third-order valence-corrected chi connectivity index (χ3v) is 3.11. The van der Waals surface area contributed by atoms with E-state index in [1.807, 2.05) is 0 Å². The summed E-state index contributed by atoms with van der Waals surface area (Å²) in [5.74, 6) is 0. The van der Waals surface area contributed by atoms with Crippen LogP contribution >= 0.6 is 11.8 Å². The van der Waals surface area contributed by atoms with E-state index in [-0.39, 0.29) is 16.9 Å². The second kappa shape index (κ2) is 5.53. The van der Waals surface area contributed by atoms with E-state index in [1.165, 1.54) is 0 Å². The predicted octanol–water partition coefficient (Wildman–Crippen LogP) is 0.760. The van der Waals surface area contributed by atoms with Gasteiger partial charge in [0.25, 0.3) is 0 Å². The molecule has 0 spiro atoms. The van der Waals surface area contributed by atoms with Crippen molar-refractivity contribution in [3.63, 3.8) is 0 Å². The molecule has 0 aliphatic rings. The van der Waals surface area contributed by atoms with E-state index in [9.17, 15) is 13.2 Å². The summed E-state index contributed by atoms with van der Waals surface area (Å²) < 4.78 is 23.8. The number of carbonyl (C=O) groups is 1. The first kappa shape index (κ1) is 13.7. The molecule has 6 heteroatoms. The van der Waals surface area contributed by atoms with Gasteiger partial charge in [0, 0.05) is 11.8 Å². The van der Waals surface area contributed by atoms with Crippen molar-refractivity contribution in [3.8, 4) is 0 Å². The van der Waals surface area contributed by atoms with Gasteiger partial charge in [-0.05, 0) is 12.5 Å². The van der Waals surface area contributed by atoms with Crippen LogP contribution < -0.4 is 4.72 Å². The number of rotatable bonds is 5. The summed E-state index contributed by atoms with van der Waals surface area (Å²) in [6, 6.07) is 0. The molecule has 82 valence electrons. The van der Waals surface area contributed by atoms with E-state index in [0.29, 0.717) is 5.57 Å². The number of carbonyl (C=O) groups excluding carboxylic acids is 1. The Bertz CT molecular complexity index is 321. The van der Waals surface area contributed by atoms with Gasteiger partial charge in [-0.2, -0.15) is 0 Å². The molecule has 1 atom stereocenters. The summed E-state index contributed by atoms with van der Waals surface area (Å²) in [7, 11) is -3.17. The molecule has 1 unspecified atom stereocenters. The summed E-state index contributed by atoms with van der Waals surface area (Å²) in [4.78, 5) is 11.2. The Labute approximate surface area is 89.2 Å². The predicted molar refractivity (Wildman–Crippen MR) is 59.7 cm³/mol. The highest BCUT2D eigenvalue weighted by atomic mass is 32.2. The SMILES string of the molecule is C=C(C)C(=O)SC(C)CNS(C)(=O)=O. The molecule has 0 aromatic rings. The first-order valence-corrected chi connectivity index (χ1v) is 6.80. The van der Waals surface area contributed by atoms with Gasteiger partial charge in [-0.15, -0.1) is 0 Å². The van der Waals surface area contributed by atoms with Crippen LogP contribution in [0.1, 0.15) is 13.8 Å². The zero-order valence-electron chi connectivity index (χ0n) is 8.53. The van der Waals surface area contributed by atoms with Crippen LogP contribution in [-0.4, -0.2) is 31.6 Å². The van der Waals surface area contributed by atoms with Crippen LogP contribution in [-0.2, 0) is 14.8 Å². The van der Waals surface area contributed by atoms with Crippen molar-refractivity contribution in [2.75, 3.05) is 12.8 Å². The Balaban J connectivity index is 3.94. The smallest absolute Gasteiger partial charge is 0.214 e. The lowest BCUT2D eigenvalue weighted by atomic mass is 10.4. The van der Waals surface area contributed by atoms with Crippen molar-refractivity contribution in [1.82, 2.24) is 4.72 Å². The van der Waals surface area contributed by atoms with Gasteiger partial charge in [0.15, 0.2) is 0 Å². The Morgan fingerprint density at radius 2 is 2.07 bits per heavy atom. The van der Waals surface area contributed by atoms with E-state index >= 15 is 0 Å². The van der Waals surface area contributed by atoms with Crippen molar-refractivity contribution in [2.24, 2.45) is 0 Å². The molecule has 0 aliphatic heterocycles. The van der Waals surface area contributed by atoms with Crippen molar-refractivity contribution in [1.29, 1.82) is 0 Å². The van der Waals surface area contributed by atoms with Gasteiger partial charge in [0.1, 0.15) is 0 Å². The van der Waals surface area contributed by atoms with Gasteiger partial charge in [0.2, 0.25) is 15.1 Å². The number of thioether (sulfide) groups is 1. The lowest BCUT2D eigenvalue weighted by molar-refractivity contribution is -0.107. The lowest BCUT2D eigenvalue weighted by Gasteiger charge is -2.09. The molecule has 0 aliphatic carbocycles. The molecular weight excluding hydrogens is 222 g/mol. The van der Waals surface area contributed by atoms with E-state index in [0.717, 1.165) is 18.0 Å². The van der Waals surface area contributed by atoms with Crippen LogP contribution in [0.3, 0.4) is 0 Å². The molecule has 0 saturated heterocycles. The van der Waals surface area contributed by atoms with Crippen LogP contribution in [0.25, 0.3) is 0 Å². The van der Waals surface area contributed by atoms with Crippen molar-refractivity contribution in [3.05, 3.63) is 12.2 Å². The highest BCUT2D eigenvalue weighted by molar-refractivity contribution is 8.14. The quantitative estimate of drug-likeness (QED) is 0.717. The van der Waals surface area contributed by atoms with Gasteiger partial charge < -0.3 is 0 Å². The molecule has 0 fully saturated rings. The molecule has 0 aromatic heterocycles. The zero-order valence-corrected chi connectivity index (χ0v) is 10.2. The number of hydrogen-bond acceptors (Lipinski definition) is 4. The molecule has 0 radical (unpaired) electrons. The molecule has 4 nitrogen and oxygen atoms in total. The van der Waals surface area contributed by atoms with E-state index < -0.39 is 10.0 Å². The lowest BCUT2D eigenvalue weighted by Crippen LogP contribution is -2.28. The van der Waals surface area contributed by atoms with Crippen LogP contribution in [0.4, 0.5) is 0 Å². The fraction of sp³-hybridized carbons (Fsp3) is 0.625. The molecule has 0 saturated carbocycles. The Morgan fingerprint density at radius 1 is 1.57 bits per heavy atom. The third-order valence-electron chi connectivity index (χ3n) is 1.29. The minimum absolute atomic E-state index is 0.0890. The molecule has 0 heterocycles. The van der Waals surface area contributed by atoms with Crippen LogP contribution in [0, 0.1) is 0 Å². The minimum Gasteiger partial charge on any atom is -0.282 e.